The van der Waals surface area contributed by atoms with Crippen molar-refractivity contribution in [2.24, 2.45) is 16.7 Å². The predicted octanol–water partition coefficient (Wildman–Crippen LogP) is -0.00710. The molecule has 0 amide bonds. The Bertz CT molecular complexity index is 217. The Labute approximate surface area is 72.2 Å². The molecule has 0 aromatic carbocycles. The molecule has 0 saturated carbocycles. The number of hydrazine groups is 1. The van der Waals surface area contributed by atoms with Crippen LogP contribution in [0.5, 0.6) is 0 Å². The molecule has 0 bridgehead atoms. The van der Waals surface area contributed by atoms with Crippen LogP contribution < -0.4 is 11.6 Å². The fourth-order valence-corrected chi connectivity index (χ4v) is 0.923. The summed E-state index contributed by atoms with van der Waals surface area (Å²) in [6.07, 6.45) is 8.75. The first-order chi connectivity index (χ1) is 5.83. The van der Waals surface area contributed by atoms with E-state index in [9.17, 15) is 0 Å². The zero-order valence-corrected chi connectivity index (χ0v) is 6.98. The topological polar surface area (TPSA) is 67.6 Å². The third kappa shape index (κ3) is 2.86. The lowest BCUT2D eigenvalue weighted by atomic mass is 10.2. The summed E-state index contributed by atoms with van der Waals surface area (Å²) < 4.78 is 0. The van der Waals surface area contributed by atoms with Crippen LogP contribution >= 0.6 is 0 Å². The lowest BCUT2D eigenvalue weighted by Gasteiger charge is -2.12. The first-order valence-corrected chi connectivity index (χ1v) is 3.96. The van der Waals surface area contributed by atoms with Crippen LogP contribution in [-0.2, 0) is 0 Å². The number of hydrazone groups is 1. The van der Waals surface area contributed by atoms with Crippen molar-refractivity contribution in [1.82, 2.24) is 5.12 Å². The van der Waals surface area contributed by atoms with Gasteiger partial charge in [0.1, 0.15) is 0 Å². The quantitative estimate of drug-likeness (QED) is 0.458. The second kappa shape index (κ2) is 4.69. The molecule has 0 saturated heterocycles. The van der Waals surface area contributed by atoms with E-state index < -0.39 is 0 Å². The minimum absolute atomic E-state index is 0.521. The van der Waals surface area contributed by atoms with Gasteiger partial charge in [0.05, 0.1) is 12.3 Å². The lowest BCUT2D eigenvalue weighted by molar-refractivity contribution is 0.308. The molecule has 12 heavy (non-hydrogen) atoms. The first kappa shape index (κ1) is 8.96. The van der Waals surface area contributed by atoms with Crippen molar-refractivity contribution in [2.75, 3.05) is 13.1 Å². The largest absolute Gasteiger partial charge is 0.329 e. The maximum absolute atomic E-state index is 5.52. The standard InChI is InChI=1S/C8H14N4/c9-6-7-12(10)11-8-4-2-1-3-5-8/h1-4H,5-7,9-10H2/b11-8-. The van der Waals surface area contributed by atoms with Crippen molar-refractivity contribution in [2.45, 2.75) is 6.42 Å². The van der Waals surface area contributed by atoms with E-state index in [1.54, 1.807) is 0 Å². The van der Waals surface area contributed by atoms with Crippen molar-refractivity contribution in [1.29, 1.82) is 0 Å². The van der Waals surface area contributed by atoms with Crippen LogP contribution in [0.3, 0.4) is 0 Å². The Balaban J connectivity index is 2.45. The zero-order chi connectivity index (χ0) is 8.81. The molecule has 0 radical (unpaired) electrons. The summed E-state index contributed by atoms with van der Waals surface area (Å²) in [5.41, 5.74) is 6.28. The molecule has 0 atom stereocenters. The average molecular weight is 166 g/mol. The predicted molar refractivity (Wildman–Crippen MR) is 50.3 cm³/mol. The summed E-state index contributed by atoms with van der Waals surface area (Å²) in [5.74, 6) is 5.52. The van der Waals surface area contributed by atoms with E-state index >= 15 is 0 Å². The molecule has 1 aliphatic carbocycles. The van der Waals surface area contributed by atoms with Crippen molar-refractivity contribution in [3.8, 4) is 0 Å². The molecule has 4 N–H and O–H groups in total. The van der Waals surface area contributed by atoms with Crippen LogP contribution in [0.1, 0.15) is 6.42 Å². The molecule has 0 fully saturated rings. The van der Waals surface area contributed by atoms with Crippen LogP contribution in [0.2, 0.25) is 0 Å². The molecule has 0 aromatic rings. The monoisotopic (exact) mass is 166 g/mol. The van der Waals surface area contributed by atoms with Crippen molar-refractivity contribution in [3.05, 3.63) is 24.3 Å². The fraction of sp³-hybridized carbons (Fsp3) is 0.375. The Morgan fingerprint density at radius 3 is 2.92 bits per heavy atom. The summed E-state index contributed by atoms with van der Waals surface area (Å²) in [5, 5.41) is 5.51. The summed E-state index contributed by atoms with van der Waals surface area (Å²) in [7, 11) is 0. The van der Waals surface area contributed by atoms with Gasteiger partial charge in [-0.1, -0.05) is 18.2 Å². The van der Waals surface area contributed by atoms with Gasteiger partial charge in [-0.2, -0.15) is 5.10 Å². The van der Waals surface area contributed by atoms with Gasteiger partial charge in [-0.05, 0) is 6.08 Å². The Kier molecular flexibility index (Phi) is 3.50. The van der Waals surface area contributed by atoms with Gasteiger partial charge in [0.2, 0.25) is 0 Å². The molecular weight excluding hydrogens is 152 g/mol. The second-order valence-corrected chi connectivity index (χ2v) is 2.53. The Morgan fingerprint density at radius 1 is 1.50 bits per heavy atom. The van der Waals surface area contributed by atoms with Gasteiger partial charge in [0, 0.05) is 13.0 Å². The minimum atomic E-state index is 0.521. The second-order valence-electron chi connectivity index (χ2n) is 2.53. The molecule has 0 unspecified atom stereocenters. The number of nitrogens with two attached hydrogens (primary N) is 2. The minimum Gasteiger partial charge on any atom is -0.329 e. The number of rotatable bonds is 3. The average Bonchev–Trinajstić information content (AvgIpc) is 2.06. The summed E-state index contributed by atoms with van der Waals surface area (Å²) in [6.45, 7) is 1.11. The summed E-state index contributed by atoms with van der Waals surface area (Å²) in [4.78, 5) is 0. The molecule has 1 rings (SSSR count). The van der Waals surface area contributed by atoms with Crippen molar-refractivity contribution >= 4 is 5.71 Å². The normalized spacial score (nSPS) is 18.7. The molecule has 4 heteroatoms. The van der Waals surface area contributed by atoms with Crippen LogP contribution in [0.4, 0.5) is 0 Å². The molecule has 4 nitrogen and oxygen atoms in total. The third-order valence-electron chi connectivity index (χ3n) is 1.48. The van der Waals surface area contributed by atoms with E-state index in [0.29, 0.717) is 13.1 Å². The molecule has 0 aliphatic heterocycles. The van der Waals surface area contributed by atoms with E-state index in [4.69, 9.17) is 11.6 Å². The van der Waals surface area contributed by atoms with Gasteiger partial charge in [-0.25, -0.2) is 11.0 Å². The number of nitrogens with zero attached hydrogens (tertiary/aromatic N) is 2. The lowest BCUT2D eigenvalue weighted by Crippen LogP contribution is -2.31. The van der Waals surface area contributed by atoms with Gasteiger partial charge in [0.25, 0.3) is 0 Å². The maximum Gasteiger partial charge on any atom is 0.0658 e. The van der Waals surface area contributed by atoms with Gasteiger partial charge < -0.3 is 5.73 Å². The Morgan fingerprint density at radius 2 is 2.33 bits per heavy atom. The van der Waals surface area contributed by atoms with Gasteiger partial charge in [-0.3, -0.25) is 0 Å². The fourth-order valence-electron chi connectivity index (χ4n) is 0.923. The Hall–Kier alpha value is -1.13. The van der Waals surface area contributed by atoms with Crippen LogP contribution in [0.15, 0.2) is 29.4 Å². The highest BCUT2D eigenvalue weighted by atomic mass is 15.6. The third-order valence-corrected chi connectivity index (χ3v) is 1.48. The molecule has 66 valence electrons. The SMILES string of the molecule is NCCN(N)/N=C1/C=CC=CC1. The maximum atomic E-state index is 5.52. The van der Waals surface area contributed by atoms with E-state index in [-0.39, 0.29) is 0 Å². The highest BCUT2D eigenvalue weighted by Crippen LogP contribution is 1.99. The van der Waals surface area contributed by atoms with Crippen molar-refractivity contribution < 1.29 is 0 Å². The van der Waals surface area contributed by atoms with Crippen molar-refractivity contribution in [3.63, 3.8) is 0 Å². The van der Waals surface area contributed by atoms with E-state index in [1.165, 1.54) is 5.12 Å². The molecule has 1 aliphatic rings. The number of hydrogen-bond acceptors (Lipinski definition) is 4. The number of allylic oxidation sites excluding steroid dienone is 4. The molecule has 0 spiro atoms. The molecule has 0 heterocycles. The van der Waals surface area contributed by atoms with E-state index in [2.05, 4.69) is 5.10 Å². The van der Waals surface area contributed by atoms with Gasteiger partial charge >= 0.3 is 0 Å². The molecular formula is C8H14N4. The van der Waals surface area contributed by atoms with Gasteiger partial charge in [0.15, 0.2) is 0 Å². The highest BCUT2D eigenvalue weighted by molar-refractivity contribution is 5.96. The van der Waals surface area contributed by atoms with Crippen LogP contribution in [-0.4, -0.2) is 23.9 Å². The summed E-state index contributed by atoms with van der Waals surface area (Å²) >= 11 is 0. The smallest absolute Gasteiger partial charge is 0.0658 e. The van der Waals surface area contributed by atoms with Crippen LogP contribution in [0.25, 0.3) is 0 Å². The first-order valence-electron chi connectivity index (χ1n) is 3.96. The summed E-state index contributed by atoms with van der Waals surface area (Å²) in [6, 6.07) is 0. The van der Waals surface area contributed by atoms with E-state index in [1.807, 2.05) is 24.3 Å². The van der Waals surface area contributed by atoms with E-state index in [0.717, 1.165) is 12.1 Å². The number of hydrogen-bond donors (Lipinski definition) is 2. The van der Waals surface area contributed by atoms with Crippen LogP contribution in [0, 0.1) is 0 Å². The zero-order valence-electron chi connectivity index (χ0n) is 6.98. The highest BCUT2D eigenvalue weighted by Gasteiger charge is 1.97. The molecule has 0 aromatic heterocycles. The van der Waals surface area contributed by atoms with Gasteiger partial charge in [-0.15, -0.1) is 0 Å².